The van der Waals surface area contributed by atoms with Crippen molar-refractivity contribution in [1.29, 1.82) is 0 Å². The third-order valence-corrected chi connectivity index (χ3v) is 9.28. The molecule has 37 heavy (non-hydrogen) atoms. The van der Waals surface area contributed by atoms with Crippen molar-refractivity contribution in [3.63, 3.8) is 0 Å². The molecule has 3 heterocycles. The summed E-state index contributed by atoms with van der Waals surface area (Å²) in [5, 5.41) is 2.17. The molecule has 1 aliphatic heterocycles. The molecule has 1 saturated heterocycles. The molecule has 1 N–H and O–H groups in total. The van der Waals surface area contributed by atoms with Gasteiger partial charge in [-0.15, -0.1) is 11.3 Å². The highest BCUT2D eigenvalue weighted by Crippen LogP contribution is 2.29. The number of piperazine rings is 1. The van der Waals surface area contributed by atoms with Crippen molar-refractivity contribution < 1.29 is 17.9 Å². The molecule has 0 spiro atoms. The quantitative estimate of drug-likeness (QED) is 0.451. The molecule has 1 aromatic carbocycles. The predicted molar refractivity (Wildman–Crippen MR) is 149 cm³/mol. The first-order chi connectivity index (χ1) is 17.6. The van der Waals surface area contributed by atoms with E-state index in [-0.39, 0.29) is 0 Å². The normalized spacial score (nSPS) is 15.0. The Balaban J connectivity index is 1.30. The summed E-state index contributed by atoms with van der Waals surface area (Å²) in [4.78, 5) is 22.8. The van der Waals surface area contributed by atoms with E-state index in [1.54, 1.807) is 50.4 Å². The van der Waals surface area contributed by atoms with Gasteiger partial charge in [-0.05, 0) is 75.0 Å². The molecule has 0 aliphatic carbocycles. The second-order valence-electron chi connectivity index (χ2n) is 10.0. The minimum absolute atomic E-state index is 0.325. The fraction of sp³-hybridized carbons (Fsp3) is 0.407. The fourth-order valence-corrected chi connectivity index (χ4v) is 5.58. The predicted octanol–water partition coefficient (Wildman–Crippen LogP) is 4.39. The maximum atomic E-state index is 12.4. The smallest absolute Gasteiger partial charge is 0.264 e. The summed E-state index contributed by atoms with van der Waals surface area (Å²) in [6.07, 6.45) is 3.60. The van der Waals surface area contributed by atoms with Crippen LogP contribution in [0.2, 0.25) is 0 Å². The van der Waals surface area contributed by atoms with Crippen molar-refractivity contribution >= 4 is 33.0 Å². The second-order valence-corrected chi connectivity index (χ2v) is 13.4. The van der Waals surface area contributed by atoms with E-state index < -0.39 is 20.7 Å². The van der Waals surface area contributed by atoms with E-state index in [1.165, 1.54) is 4.88 Å². The average Bonchev–Trinajstić information content (AvgIpc) is 3.33. The van der Waals surface area contributed by atoms with Gasteiger partial charge < -0.3 is 9.64 Å². The lowest BCUT2D eigenvalue weighted by molar-refractivity contribution is 0.0980. The van der Waals surface area contributed by atoms with Crippen LogP contribution in [0.25, 0.3) is 11.1 Å². The van der Waals surface area contributed by atoms with E-state index in [2.05, 4.69) is 31.0 Å². The number of ether oxygens (including phenoxy) is 1. The van der Waals surface area contributed by atoms with Gasteiger partial charge in [-0.1, -0.05) is 0 Å². The standard InChI is InChI=1S/C27H34N4O4S2/c1-5-35-24-14-21(16-28-17-24)22-15-25(36-19-22)18-30-10-12-31(13-11-30)23-8-6-20(7-9-23)26(32)29-37(33,34)27(2,3)4/h6-9,14-17,19H,5,10-13,18H2,1-4H3,(H,29,32). The van der Waals surface area contributed by atoms with Crippen LogP contribution >= 0.6 is 11.3 Å². The number of rotatable bonds is 8. The number of pyridine rings is 1. The Kier molecular flexibility index (Phi) is 8.20. The van der Waals surface area contributed by atoms with Crippen LogP contribution in [0.4, 0.5) is 5.69 Å². The monoisotopic (exact) mass is 542 g/mol. The van der Waals surface area contributed by atoms with Crippen LogP contribution in [-0.4, -0.2) is 61.7 Å². The summed E-state index contributed by atoms with van der Waals surface area (Å²) >= 11 is 1.76. The summed E-state index contributed by atoms with van der Waals surface area (Å²) in [6, 6.07) is 11.4. The highest BCUT2D eigenvalue weighted by molar-refractivity contribution is 7.91. The van der Waals surface area contributed by atoms with Crippen LogP contribution < -0.4 is 14.4 Å². The lowest BCUT2D eigenvalue weighted by Crippen LogP contribution is -2.45. The fourth-order valence-electron chi connectivity index (χ4n) is 3.98. The number of amides is 1. The minimum Gasteiger partial charge on any atom is -0.492 e. The molecule has 1 amide bonds. The van der Waals surface area contributed by atoms with Gasteiger partial charge in [-0.3, -0.25) is 14.7 Å². The van der Waals surface area contributed by atoms with Gasteiger partial charge in [0.25, 0.3) is 5.91 Å². The molecule has 0 saturated carbocycles. The van der Waals surface area contributed by atoms with Crippen molar-refractivity contribution in [2.75, 3.05) is 37.7 Å². The molecule has 0 bridgehead atoms. The Hall–Kier alpha value is -2.95. The van der Waals surface area contributed by atoms with Crippen LogP contribution in [0, 0.1) is 0 Å². The Labute approximate surface area is 223 Å². The first-order valence-corrected chi connectivity index (χ1v) is 14.7. The average molecular weight is 543 g/mol. The zero-order valence-electron chi connectivity index (χ0n) is 21.7. The van der Waals surface area contributed by atoms with E-state index in [9.17, 15) is 13.2 Å². The largest absolute Gasteiger partial charge is 0.492 e. The topological polar surface area (TPSA) is 91.8 Å². The van der Waals surface area contributed by atoms with Crippen molar-refractivity contribution in [2.24, 2.45) is 0 Å². The van der Waals surface area contributed by atoms with Crippen LogP contribution in [0.15, 0.2) is 54.2 Å². The summed E-state index contributed by atoms with van der Waals surface area (Å²) in [5.74, 6) is 0.175. The Morgan fingerprint density at radius 2 is 1.76 bits per heavy atom. The van der Waals surface area contributed by atoms with E-state index in [1.807, 2.05) is 31.3 Å². The van der Waals surface area contributed by atoms with Crippen molar-refractivity contribution in [3.8, 4) is 16.9 Å². The Morgan fingerprint density at radius 1 is 1.05 bits per heavy atom. The molecular weight excluding hydrogens is 508 g/mol. The number of thiophene rings is 1. The zero-order chi connectivity index (χ0) is 26.6. The van der Waals surface area contributed by atoms with E-state index in [0.29, 0.717) is 12.2 Å². The second kappa shape index (κ2) is 11.2. The number of hydrogen-bond donors (Lipinski definition) is 1. The molecule has 2 aromatic heterocycles. The number of hydrogen-bond acceptors (Lipinski definition) is 8. The third kappa shape index (κ3) is 6.68. The molecule has 10 heteroatoms. The Bertz CT molecular complexity index is 1320. The van der Waals surface area contributed by atoms with Crippen LogP contribution in [0.3, 0.4) is 0 Å². The maximum Gasteiger partial charge on any atom is 0.264 e. The summed E-state index contributed by atoms with van der Waals surface area (Å²) in [5.41, 5.74) is 3.57. The zero-order valence-corrected chi connectivity index (χ0v) is 23.4. The van der Waals surface area contributed by atoms with Gasteiger partial charge in [-0.2, -0.15) is 0 Å². The molecule has 0 atom stereocenters. The first-order valence-electron chi connectivity index (χ1n) is 12.4. The SMILES string of the molecule is CCOc1cncc(-c2csc(CN3CCN(c4ccc(C(=O)NS(=O)(=O)C(C)(C)C)cc4)CC3)c2)c1. The molecule has 8 nitrogen and oxygen atoms in total. The van der Waals surface area contributed by atoms with E-state index in [4.69, 9.17) is 4.74 Å². The van der Waals surface area contributed by atoms with Crippen LogP contribution in [-0.2, 0) is 16.6 Å². The van der Waals surface area contributed by atoms with Gasteiger partial charge in [0, 0.05) is 60.6 Å². The number of sulfonamides is 1. The maximum absolute atomic E-state index is 12.4. The summed E-state index contributed by atoms with van der Waals surface area (Å²) in [7, 11) is -3.75. The molecule has 1 aliphatic rings. The molecule has 0 radical (unpaired) electrons. The Morgan fingerprint density at radius 3 is 2.41 bits per heavy atom. The summed E-state index contributed by atoms with van der Waals surface area (Å²) in [6.45, 7) is 11.8. The third-order valence-electron chi connectivity index (χ3n) is 6.29. The highest BCUT2D eigenvalue weighted by Gasteiger charge is 2.31. The first kappa shape index (κ1) is 27.1. The van der Waals surface area contributed by atoms with Gasteiger partial charge in [0.15, 0.2) is 0 Å². The van der Waals surface area contributed by atoms with E-state index >= 15 is 0 Å². The number of benzene rings is 1. The van der Waals surface area contributed by atoms with Crippen molar-refractivity contribution in [2.45, 2.75) is 39.0 Å². The molecule has 4 rings (SSSR count). The van der Waals surface area contributed by atoms with Gasteiger partial charge in [0.1, 0.15) is 5.75 Å². The number of anilines is 1. The van der Waals surface area contributed by atoms with Crippen LogP contribution in [0.1, 0.15) is 42.9 Å². The summed E-state index contributed by atoms with van der Waals surface area (Å²) < 4.78 is 31.2. The van der Waals surface area contributed by atoms with Crippen LogP contribution in [0.5, 0.6) is 5.75 Å². The number of nitrogens with zero attached hydrogens (tertiary/aromatic N) is 3. The van der Waals surface area contributed by atoms with Crippen molar-refractivity contribution in [1.82, 2.24) is 14.6 Å². The molecule has 0 unspecified atom stereocenters. The molecule has 1 fully saturated rings. The molecule has 3 aromatic rings. The van der Waals surface area contributed by atoms with Gasteiger partial charge in [-0.25, -0.2) is 13.1 Å². The molecular formula is C27H34N4O4S2. The molecule has 198 valence electrons. The number of carbonyl (C=O) groups excluding carboxylic acids is 1. The van der Waals surface area contributed by atoms with Gasteiger partial charge >= 0.3 is 0 Å². The highest BCUT2D eigenvalue weighted by atomic mass is 32.2. The lowest BCUT2D eigenvalue weighted by atomic mass is 10.1. The number of nitrogens with one attached hydrogen (secondary N) is 1. The lowest BCUT2D eigenvalue weighted by Gasteiger charge is -2.36. The van der Waals surface area contributed by atoms with E-state index in [0.717, 1.165) is 55.3 Å². The minimum atomic E-state index is -3.75. The van der Waals surface area contributed by atoms with Gasteiger partial charge in [0.2, 0.25) is 10.0 Å². The van der Waals surface area contributed by atoms with Crippen molar-refractivity contribution in [3.05, 3.63) is 64.6 Å². The number of carbonyl (C=O) groups is 1. The van der Waals surface area contributed by atoms with Gasteiger partial charge in [0.05, 0.1) is 17.6 Å². The number of aromatic nitrogens is 1.